The average Bonchev–Trinajstić information content (AvgIpc) is 2.67. The Morgan fingerprint density at radius 3 is 2.55 bits per heavy atom. The van der Waals surface area contributed by atoms with Crippen molar-refractivity contribution in [3.63, 3.8) is 0 Å². The second-order valence-corrected chi connectivity index (χ2v) is 9.17. The summed E-state index contributed by atoms with van der Waals surface area (Å²) in [5, 5.41) is 2.66. The van der Waals surface area contributed by atoms with Crippen molar-refractivity contribution in [1.29, 1.82) is 0 Å². The fourth-order valence-electron chi connectivity index (χ4n) is 3.71. The summed E-state index contributed by atoms with van der Waals surface area (Å²) in [7, 11) is 0. The Balaban J connectivity index is 1.76. The van der Waals surface area contributed by atoms with Gasteiger partial charge < -0.3 is 20.7 Å². The molecule has 0 aromatic heterocycles. The number of nitrogens with zero attached hydrogens (tertiary/aromatic N) is 1. The van der Waals surface area contributed by atoms with Crippen molar-refractivity contribution in [3.05, 3.63) is 53.3 Å². The van der Waals surface area contributed by atoms with Crippen molar-refractivity contribution in [2.45, 2.75) is 51.6 Å². The maximum absolute atomic E-state index is 13.8. The zero-order chi connectivity index (χ0) is 24.4. The number of hydrogen-bond donors (Lipinski definition) is 2. The van der Waals surface area contributed by atoms with Crippen LogP contribution in [0.25, 0.3) is 0 Å². The smallest absolute Gasteiger partial charge is 0.310 e. The molecule has 0 unspecified atom stereocenters. The number of nitrogen functional groups attached to an aromatic ring is 1. The lowest BCUT2D eigenvalue weighted by atomic mass is 10.0. The summed E-state index contributed by atoms with van der Waals surface area (Å²) in [5.41, 5.74) is 6.73. The first kappa shape index (κ1) is 24.4. The molecule has 0 spiro atoms. The third kappa shape index (κ3) is 6.63. The van der Waals surface area contributed by atoms with Crippen molar-refractivity contribution < 1.29 is 27.5 Å². The molecule has 0 bridgehead atoms. The number of nitrogens with one attached hydrogen (secondary N) is 1. The molecule has 3 N–H and O–H groups in total. The van der Waals surface area contributed by atoms with Crippen molar-refractivity contribution in [3.8, 4) is 0 Å². The highest BCUT2D eigenvalue weighted by Gasteiger charge is 2.35. The molecule has 6 nitrogen and oxygen atoms in total. The molecule has 3 rings (SSSR count). The van der Waals surface area contributed by atoms with E-state index in [2.05, 4.69) is 5.32 Å². The number of carbonyl (C=O) groups is 2. The molecule has 178 valence electrons. The molecule has 0 radical (unpaired) electrons. The Kier molecular flexibility index (Phi) is 6.90. The van der Waals surface area contributed by atoms with Crippen LogP contribution in [-0.2, 0) is 16.0 Å². The van der Waals surface area contributed by atoms with Gasteiger partial charge in [-0.2, -0.15) is 0 Å². The number of benzene rings is 2. The normalized spacial score (nSPS) is 15.8. The van der Waals surface area contributed by atoms with Gasteiger partial charge in [0.25, 0.3) is 11.8 Å². The van der Waals surface area contributed by atoms with E-state index in [1.807, 2.05) is 0 Å². The molecule has 1 aliphatic rings. The van der Waals surface area contributed by atoms with Gasteiger partial charge >= 0.3 is 5.97 Å². The Hall–Kier alpha value is -3.23. The summed E-state index contributed by atoms with van der Waals surface area (Å²) in [6.45, 7) is 5.19. The monoisotopic (exact) mass is 463 g/mol. The first-order valence-electron chi connectivity index (χ1n) is 10.7. The van der Waals surface area contributed by atoms with E-state index >= 15 is 0 Å². The number of esters is 1. The van der Waals surface area contributed by atoms with Crippen LogP contribution in [0.3, 0.4) is 0 Å². The summed E-state index contributed by atoms with van der Waals surface area (Å²) in [5.74, 6) is -4.43. The average molecular weight is 464 g/mol. The van der Waals surface area contributed by atoms with E-state index < -0.39 is 35.8 Å². The van der Waals surface area contributed by atoms with Gasteiger partial charge in [-0.25, -0.2) is 13.2 Å². The van der Waals surface area contributed by atoms with Crippen molar-refractivity contribution >= 4 is 28.9 Å². The molecule has 2 aromatic carbocycles. The van der Waals surface area contributed by atoms with Crippen molar-refractivity contribution in [2.75, 3.05) is 29.0 Å². The van der Waals surface area contributed by atoms with E-state index in [1.54, 1.807) is 20.8 Å². The van der Waals surface area contributed by atoms with Crippen molar-refractivity contribution in [2.24, 2.45) is 0 Å². The van der Waals surface area contributed by atoms with Crippen LogP contribution < -0.4 is 16.0 Å². The third-order valence-electron chi connectivity index (χ3n) is 5.09. The number of piperidine rings is 1. The number of hydrogen-bond acceptors (Lipinski definition) is 5. The van der Waals surface area contributed by atoms with Crippen LogP contribution in [0.15, 0.2) is 36.4 Å². The summed E-state index contributed by atoms with van der Waals surface area (Å²) >= 11 is 0. The standard InChI is InChI=1S/C24H28F3N3O3/c1-23(2,3)33-21(31)13-16-11-17(25)6-7-19(16)29-22(32)15-5-8-20(18(28)12-15)30-10-4-9-24(26,27)14-30/h5-8,11-12H,4,9-10,13-14,28H2,1-3H3,(H,29,32). The number of anilines is 3. The van der Waals surface area contributed by atoms with Crippen LogP contribution in [-0.4, -0.2) is 36.5 Å². The minimum absolute atomic E-state index is 0.160. The lowest BCUT2D eigenvalue weighted by Gasteiger charge is -2.34. The fraction of sp³-hybridized carbons (Fsp3) is 0.417. The summed E-state index contributed by atoms with van der Waals surface area (Å²) in [6, 6.07) is 8.13. The highest BCUT2D eigenvalue weighted by Crippen LogP contribution is 2.33. The number of amides is 1. The van der Waals surface area contributed by atoms with E-state index in [9.17, 15) is 22.8 Å². The highest BCUT2D eigenvalue weighted by atomic mass is 19.3. The maximum Gasteiger partial charge on any atom is 0.310 e. The summed E-state index contributed by atoms with van der Waals surface area (Å²) in [6.07, 6.45) is -0.0399. The number of ether oxygens (including phenoxy) is 1. The topological polar surface area (TPSA) is 84.7 Å². The van der Waals surface area contributed by atoms with Crippen LogP contribution >= 0.6 is 0 Å². The minimum Gasteiger partial charge on any atom is -0.460 e. The molecule has 1 aliphatic heterocycles. The zero-order valence-corrected chi connectivity index (χ0v) is 18.9. The van der Waals surface area contributed by atoms with E-state index in [-0.39, 0.29) is 35.3 Å². The largest absolute Gasteiger partial charge is 0.460 e. The zero-order valence-electron chi connectivity index (χ0n) is 18.9. The van der Waals surface area contributed by atoms with Gasteiger partial charge in [-0.05, 0) is 69.2 Å². The SMILES string of the molecule is CC(C)(C)OC(=O)Cc1cc(F)ccc1NC(=O)c1ccc(N2CCCC(F)(F)C2)c(N)c1. The predicted molar refractivity (Wildman–Crippen MR) is 121 cm³/mol. The Bertz CT molecular complexity index is 1050. The second kappa shape index (κ2) is 9.33. The first-order valence-corrected chi connectivity index (χ1v) is 10.7. The van der Waals surface area contributed by atoms with Crippen molar-refractivity contribution in [1.82, 2.24) is 0 Å². The molecule has 0 aliphatic carbocycles. The molecule has 0 saturated carbocycles. The molecule has 1 fully saturated rings. The van der Waals surface area contributed by atoms with Gasteiger partial charge in [-0.3, -0.25) is 9.59 Å². The number of alkyl halides is 2. The molecule has 1 amide bonds. The number of carbonyl (C=O) groups excluding carboxylic acids is 2. The first-order chi connectivity index (χ1) is 15.3. The Labute approximate surface area is 190 Å². The second-order valence-electron chi connectivity index (χ2n) is 9.17. The number of halogens is 3. The van der Waals surface area contributed by atoms with Gasteiger partial charge in [0.2, 0.25) is 0 Å². The summed E-state index contributed by atoms with van der Waals surface area (Å²) < 4.78 is 46.6. The van der Waals surface area contributed by atoms with Crippen LogP contribution in [0.4, 0.5) is 30.2 Å². The molecular weight excluding hydrogens is 435 g/mol. The lowest BCUT2D eigenvalue weighted by Crippen LogP contribution is -2.42. The highest BCUT2D eigenvalue weighted by molar-refractivity contribution is 6.06. The molecule has 0 atom stereocenters. The van der Waals surface area contributed by atoms with Gasteiger partial charge in [-0.15, -0.1) is 0 Å². The molecule has 1 saturated heterocycles. The maximum atomic E-state index is 13.8. The van der Waals surface area contributed by atoms with Gasteiger partial charge in [0.1, 0.15) is 11.4 Å². The number of nitrogens with two attached hydrogens (primary N) is 1. The van der Waals surface area contributed by atoms with Gasteiger partial charge in [-0.1, -0.05) is 0 Å². The van der Waals surface area contributed by atoms with E-state index in [1.165, 1.54) is 35.2 Å². The molecule has 1 heterocycles. The lowest BCUT2D eigenvalue weighted by molar-refractivity contribution is -0.153. The Morgan fingerprint density at radius 2 is 1.91 bits per heavy atom. The number of rotatable bonds is 5. The van der Waals surface area contributed by atoms with E-state index in [0.717, 1.165) is 6.07 Å². The van der Waals surface area contributed by atoms with Crippen LogP contribution in [0.1, 0.15) is 49.5 Å². The summed E-state index contributed by atoms with van der Waals surface area (Å²) in [4.78, 5) is 26.5. The van der Waals surface area contributed by atoms with Crippen LogP contribution in [0, 0.1) is 5.82 Å². The van der Waals surface area contributed by atoms with E-state index in [0.29, 0.717) is 18.7 Å². The fourth-order valence-corrected chi connectivity index (χ4v) is 3.71. The van der Waals surface area contributed by atoms with Gasteiger partial charge in [0, 0.05) is 24.2 Å². The predicted octanol–water partition coefficient (Wildman–Crippen LogP) is 4.78. The van der Waals surface area contributed by atoms with Gasteiger partial charge in [0.05, 0.1) is 24.3 Å². The van der Waals surface area contributed by atoms with Crippen LogP contribution in [0.2, 0.25) is 0 Å². The van der Waals surface area contributed by atoms with E-state index in [4.69, 9.17) is 10.5 Å². The van der Waals surface area contributed by atoms with Gasteiger partial charge in [0.15, 0.2) is 0 Å². The van der Waals surface area contributed by atoms with Crippen LogP contribution in [0.5, 0.6) is 0 Å². The Morgan fingerprint density at radius 1 is 1.18 bits per heavy atom. The molecular formula is C24H28F3N3O3. The molecule has 2 aromatic rings. The molecule has 9 heteroatoms. The quantitative estimate of drug-likeness (QED) is 0.493. The molecule has 33 heavy (non-hydrogen) atoms. The third-order valence-corrected chi connectivity index (χ3v) is 5.09. The minimum atomic E-state index is -2.78.